The van der Waals surface area contributed by atoms with Crippen molar-refractivity contribution in [3.8, 4) is 11.5 Å². The number of carbonyl (C=O) groups excluding carboxylic acids is 1. The highest BCUT2D eigenvalue weighted by Crippen LogP contribution is 2.24. The van der Waals surface area contributed by atoms with Crippen molar-refractivity contribution in [2.24, 2.45) is 5.14 Å². The highest BCUT2D eigenvalue weighted by atomic mass is 32.2. The van der Waals surface area contributed by atoms with Gasteiger partial charge in [0.05, 0.1) is 12.7 Å². The predicted octanol–water partition coefficient (Wildman–Crippen LogP) is 2.20. The largest absolute Gasteiger partial charge is 0.495 e. The van der Waals surface area contributed by atoms with Crippen LogP contribution < -0.4 is 14.6 Å². The third-order valence-corrected chi connectivity index (χ3v) is 4.61. The Labute approximate surface area is 152 Å². The molecule has 0 unspecified atom stereocenters. The smallest absolute Gasteiger partial charge is 0.338 e. The summed E-state index contributed by atoms with van der Waals surface area (Å²) < 4.78 is 38.9. The van der Waals surface area contributed by atoms with Gasteiger partial charge >= 0.3 is 5.97 Å². The lowest BCUT2D eigenvalue weighted by molar-refractivity contribution is 0.0449. The zero-order chi connectivity index (χ0) is 19.3. The average Bonchev–Trinajstić information content (AvgIpc) is 2.59. The second kappa shape index (κ2) is 8.20. The van der Waals surface area contributed by atoms with Gasteiger partial charge in [-0.15, -0.1) is 0 Å². The Morgan fingerprint density at radius 2 is 1.73 bits per heavy atom. The van der Waals surface area contributed by atoms with Gasteiger partial charge in [0.2, 0.25) is 10.0 Å². The van der Waals surface area contributed by atoms with Gasteiger partial charge in [-0.05, 0) is 43.2 Å². The van der Waals surface area contributed by atoms with E-state index in [4.69, 9.17) is 19.3 Å². The first-order valence-electron chi connectivity index (χ1n) is 7.81. The lowest BCUT2D eigenvalue weighted by atomic mass is 10.1. The summed E-state index contributed by atoms with van der Waals surface area (Å²) in [6, 6.07) is 9.68. The van der Waals surface area contributed by atoms with Gasteiger partial charge in [-0.2, -0.15) is 0 Å². The SMILES string of the molecule is COc1ccc(C(=O)OCCOc2c(C)cccc2C)cc1S(N)(=O)=O. The van der Waals surface area contributed by atoms with Gasteiger partial charge < -0.3 is 14.2 Å². The van der Waals surface area contributed by atoms with Gasteiger partial charge in [0.25, 0.3) is 0 Å². The van der Waals surface area contributed by atoms with E-state index in [0.29, 0.717) is 0 Å². The summed E-state index contributed by atoms with van der Waals surface area (Å²) in [6.45, 7) is 4.06. The van der Waals surface area contributed by atoms with Crippen LogP contribution in [0.4, 0.5) is 0 Å². The fourth-order valence-corrected chi connectivity index (χ4v) is 3.14. The minimum absolute atomic E-state index is 0.0172. The van der Waals surface area contributed by atoms with Crippen LogP contribution in [0.25, 0.3) is 0 Å². The Bertz CT molecular complexity index is 888. The maximum Gasteiger partial charge on any atom is 0.338 e. The number of esters is 1. The zero-order valence-electron chi connectivity index (χ0n) is 14.8. The van der Waals surface area contributed by atoms with E-state index in [0.717, 1.165) is 22.9 Å². The van der Waals surface area contributed by atoms with E-state index in [9.17, 15) is 13.2 Å². The molecule has 0 spiro atoms. The molecule has 0 fully saturated rings. The van der Waals surface area contributed by atoms with Crippen LogP contribution in [0.5, 0.6) is 11.5 Å². The standard InChI is InChI=1S/C18H21NO6S/c1-12-5-4-6-13(2)17(12)24-9-10-25-18(20)14-7-8-15(23-3)16(11-14)26(19,21)22/h4-8,11H,9-10H2,1-3H3,(H2,19,21,22). The number of hydrogen-bond acceptors (Lipinski definition) is 6. The number of primary sulfonamides is 1. The molecule has 7 nitrogen and oxygen atoms in total. The van der Waals surface area contributed by atoms with E-state index >= 15 is 0 Å². The van der Waals surface area contributed by atoms with Gasteiger partial charge in [-0.3, -0.25) is 0 Å². The fourth-order valence-electron chi connectivity index (χ4n) is 2.41. The minimum atomic E-state index is -4.03. The molecular weight excluding hydrogens is 358 g/mol. The molecule has 140 valence electrons. The summed E-state index contributed by atoms with van der Waals surface area (Å²) in [5.74, 6) is 0.134. The highest BCUT2D eigenvalue weighted by molar-refractivity contribution is 7.89. The number of hydrogen-bond donors (Lipinski definition) is 1. The molecule has 0 aliphatic heterocycles. The third-order valence-electron chi connectivity index (χ3n) is 3.68. The summed E-state index contributed by atoms with van der Waals surface area (Å²) in [5, 5.41) is 5.14. The van der Waals surface area contributed by atoms with E-state index in [2.05, 4.69) is 0 Å². The molecule has 0 atom stereocenters. The number of methoxy groups -OCH3 is 1. The zero-order valence-corrected chi connectivity index (χ0v) is 15.6. The molecule has 0 saturated carbocycles. The molecule has 2 aromatic rings. The Morgan fingerprint density at radius 1 is 1.08 bits per heavy atom. The normalized spacial score (nSPS) is 11.1. The summed E-state index contributed by atoms with van der Waals surface area (Å²) in [4.78, 5) is 11.8. The Kier molecular flexibility index (Phi) is 6.23. The van der Waals surface area contributed by atoms with E-state index in [1.54, 1.807) is 0 Å². The Balaban J connectivity index is 2.00. The van der Waals surface area contributed by atoms with Crippen LogP contribution in [0.1, 0.15) is 21.5 Å². The molecule has 2 rings (SSSR count). The van der Waals surface area contributed by atoms with Crippen molar-refractivity contribution in [1.82, 2.24) is 0 Å². The Hall–Kier alpha value is -2.58. The Morgan fingerprint density at radius 3 is 2.31 bits per heavy atom. The third kappa shape index (κ3) is 4.74. The van der Waals surface area contributed by atoms with Crippen molar-refractivity contribution >= 4 is 16.0 Å². The average molecular weight is 379 g/mol. The minimum Gasteiger partial charge on any atom is -0.495 e. The maximum absolute atomic E-state index is 12.1. The number of nitrogens with two attached hydrogens (primary N) is 1. The van der Waals surface area contributed by atoms with E-state index in [1.165, 1.54) is 19.2 Å². The molecule has 26 heavy (non-hydrogen) atoms. The highest BCUT2D eigenvalue weighted by Gasteiger charge is 2.18. The van der Waals surface area contributed by atoms with Crippen molar-refractivity contribution in [2.75, 3.05) is 20.3 Å². The lowest BCUT2D eigenvalue weighted by Crippen LogP contribution is -2.16. The number of para-hydroxylation sites is 1. The maximum atomic E-state index is 12.1. The first-order valence-corrected chi connectivity index (χ1v) is 9.35. The quantitative estimate of drug-likeness (QED) is 0.584. The van der Waals surface area contributed by atoms with Crippen molar-refractivity contribution in [1.29, 1.82) is 0 Å². The molecule has 8 heteroatoms. The van der Waals surface area contributed by atoms with Gasteiger partial charge in [-0.1, -0.05) is 18.2 Å². The number of carbonyl (C=O) groups is 1. The van der Waals surface area contributed by atoms with Gasteiger partial charge in [0, 0.05) is 0 Å². The summed E-state index contributed by atoms with van der Waals surface area (Å²) in [5.41, 5.74) is 2.04. The van der Waals surface area contributed by atoms with E-state index in [1.807, 2.05) is 32.0 Å². The van der Waals surface area contributed by atoms with E-state index in [-0.39, 0.29) is 29.4 Å². The molecule has 0 saturated heterocycles. The first kappa shape index (κ1) is 19.7. The molecule has 0 aliphatic rings. The molecule has 0 bridgehead atoms. The summed E-state index contributed by atoms with van der Waals surface area (Å²) in [7, 11) is -2.72. The predicted molar refractivity (Wildman–Crippen MR) is 96.1 cm³/mol. The van der Waals surface area contributed by atoms with Gasteiger partial charge in [0.1, 0.15) is 29.6 Å². The van der Waals surface area contributed by atoms with Crippen molar-refractivity contribution in [3.05, 3.63) is 53.1 Å². The number of ether oxygens (including phenoxy) is 3. The molecule has 0 heterocycles. The summed E-state index contributed by atoms with van der Waals surface area (Å²) >= 11 is 0. The molecule has 0 amide bonds. The van der Waals surface area contributed by atoms with Crippen molar-refractivity contribution < 1.29 is 27.4 Å². The summed E-state index contributed by atoms with van der Waals surface area (Å²) in [6.07, 6.45) is 0. The molecule has 0 aromatic heterocycles. The second-order valence-electron chi connectivity index (χ2n) is 5.62. The van der Waals surface area contributed by atoms with Gasteiger partial charge in [-0.25, -0.2) is 18.4 Å². The monoisotopic (exact) mass is 379 g/mol. The van der Waals surface area contributed by atoms with Crippen LogP contribution in [0.2, 0.25) is 0 Å². The van der Waals surface area contributed by atoms with E-state index < -0.39 is 16.0 Å². The van der Waals surface area contributed by atoms with Crippen LogP contribution in [0.3, 0.4) is 0 Å². The first-order chi connectivity index (χ1) is 12.2. The number of benzene rings is 2. The number of rotatable bonds is 7. The van der Waals surface area contributed by atoms with Crippen LogP contribution in [0, 0.1) is 13.8 Å². The van der Waals surface area contributed by atoms with Crippen LogP contribution in [0.15, 0.2) is 41.3 Å². The van der Waals surface area contributed by atoms with Crippen LogP contribution in [-0.4, -0.2) is 34.7 Å². The van der Waals surface area contributed by atoms with Gasteiger partial charge in [0.15, 0.2) is 0 Å². The van der Waals surface area contributed by atoms with Crippen LogP contribution in [-0.2, 0) is 14.8 Å². The molecule has 2 aromatic carbocycles. The fraction of sp³-hybridized carbons (Fsp3) is 0.278. The second-order valence-corrected chi connectivity index (χ2v) is 7.15. The van der Waals surface area contributed by atoms with Crippen molar-refractivity contribution in [3.63, 3.8) is 0 Å². The van der Waals surface area contributed by atoms with Crippen molar-refractivity contribution in [2.45, 2.75) is 18.7 Å². The van der Waals surface area contributed by atoms with Crippen LogP contribution >= 0.6 is 0 Å². The lowest BCUT2D eigenvalue weighted by Gasteiger charge is -2.12. The molecule has 2 N–H and O–H groups in total. The number of aryl methyl sites for hydroxylation is 2. The topological polar surface area (TPSA) is 105 Å². The molecule has 0 radical (unpaired) electrons. The number of sulfonamides is 1. The molecular formula is C18H21NO6S. The molecule has 0 aliphatic carbocycles.